The number of carbonyl (C=O) groups is 2. The molecule has 7 nitrogen and oxygen atoms in total. The van der Waals surface area contributed by atoms with E-state index in [9.17, 15) is 19.8 Å². The van der Waals surface area contributed by atoms with Crippen LogP contribution in [0, 0.1) is 0 Å². The van der Waals surface area contributed by atoms with Gasteiger partial charge in [0.15, 0.2) is 0 Å². The monoisotopic (exact) mass is 350 g/mol. The summed E-state index contributed by atoms with van der Waals surface area (Å²) in [6.07, 6.45) is -1.19. The van der Waals surface area contributed by atoms with Crippen molar-refractivity contribution in [2.75, 3.05) is 6.54 Å². The Labute approximate surface area is 147 Å². The molecule has 1 aliphatic heterocycles. The minimum Gasteiger partial charge on any atom is -0.444 e. The first-order valence-corrected chi connectivity index (χ1v) is 8.34. The largest absolute Gasteiger partial charge is 0.444 e. The van der Waals surface area contributed by atoms with Gasteiger partial charge in [0, 0.05) is 13.0 Å². The van der Waals surface area contributed by atoms with Gasteiger partial charge in [-0.1, -0.05) is 24.3 Å². The molecule has 0 saturated carbocycles. The predicted octanol–water partition coefficient (Wildman–Crippen LogP) is 1.17. The standard InChI is InChI=1S/C18H26N2O5/c1-18(2,3)25-17(24)20-10-14(22)8-15(20)16(23)19-9-12-6-4-5-7-13(12)11-21/h4-7,14-15,21-22H,8-11H2,1-3H3,(H,19,23)/t14-,15-/m0/s1. The summed E-state index contributed by atoms with van der Waals surface area (Å²) in [5, 5.41) is 22.0. The summed E-state index contributed by atoms with van der Waals surface area (Å²) >= 11 is 0. The number of likely N-dealkylation sites (tertiary alicyclic amines) is 1. The number of ether oxygens (including phenoxy) is 1. The summed E-state index contributed by atoms with van der Waals surface area (Å²) in [5.41, 5.74) is 0.866. The lowest BCUT2D eigenvalue weighted by Gasteiger charge is -2.27. The van der Waals surface area contributed by atoms with Crippen molar-refractivity contribution >= 4 is 12.0 Å². The van der Waals surface area contributed by atoms with Crippen molar-refractivity contribution in [2.24, 2.45) is 0 Å². The Morgan fingerprint density at radius 2 is 1.92 bits per heavy atom. The zero-order valence-electron chi connectivity index (χ0n) is 14.9. The maximum Gasteiger partial charge on any atom is 0.411 e. The van der Waals surface area contributed by atoms with E-state index in [1.807, 2.05) is 18.2 Å². The van der Waals surface area contributed by atoms with Gasteiger partial charge < -0.3 is 20.3 Å². The summed E-state index contributed by atoms with van der Waals surface area (Å²) in [4.78, 5) is 26.1. The molecule has 0 spiro atoms. The highest BCUT2D eigenvalue weighted by atomic mass is 16.6. The van der Waals surface area contributed by atoms with Crippen molar-refractivity contribution in [3.8, 4) is 0 Å². The third-order valence-corrected chi connectivity index (χ3v) is 3.95. The zero-order valence-corrected chi connectivity index (χ0v) is 14.9. The van der Waals surface area contributed by atoms with E-state index in [1.165, 1.54) is 4.90 Å². The third-order valence-electron chi connectivity index (χ3n) is 3.95. The molecule has 3 N–H and O–H groups in total. The molecule has 1 aliphatic rings. The number of aliphatic hydroxyl groups excluding tert-OH is 2. The fourth-order valence-corrected chi connectivity index (χ4v) is 2.77. The van der Waals surface area contributed by atoms with Gasteiger partial charge in [-0.05, 0) is 31.9 Å². The molecule has 2 amide bonds. The Balaban J connectivity index is 2.02. The average Bonchev–Trinajstić information content (AvgIpc) is 2.93. The first-order chi connectivity index (χ1) is 11.7. The smallest absolute Gasteiger partial charge is 0.411 e. The van der Waals surface area contributed by atoms with E-state index >= 15 is 0 Å². The van der Waals surface area contributed by atoms with Crippen molar-refractivity contribution < 1.29 is 24.5 Å². The van der Waals surface area contributed by atoms with Crippen LogP contribution in [0.1, 0.15) is 38.3 Å². The second kappa shape index (κ2) is 7.84. The number of nitrogens with one attached hydrogen (secondary N) is 1. The molecule has 0 aromatic heterocycles. The summed E-state index contributed by atoms with van der Waals surface area (Å²) < 4.78 is 5.31. The predicted molar refractivity (Wildman–Crippen MR) is 91.6 cm³/mol. The van der Waals surface area contributed by atoms with E-state index in [0.717, 1.165) is 11.1 Å². The molecule has 0 bridgehead atoms. The maximum atomic E-state index is 12.5. The van der Waals surface area contributed by atoms with Gasteiger partial charge in [-0.3, -0.25) is 9.69 Å². The first kappa shape index (κ1) is 19.2. The average molecular weight is 350 g/mol. The van der Waals surface area contributed by atoms with Gasteiger partial charge >= 0.3 is 6.09 Å². The van der Waals surface area contributed by atoms with Gasteiger partial charge in [0.25, 0.3) is 0 Å². The lowest BCUT2D eigenvalue weighted by atomic mass is 10.1. The maximum absolute atomic E-state index is 12.5. The Kier molecular flexibility index (Phi) is 6.02. The van der Waals surface area contributed by atoms with E-state index in [4.69, 9.17) is 4.74 Å². The molecule has 1 heterocycles. The Bertz CT molecular complexity index is 626. The normalized spacial score (nSPS) is 20.4. The van der Waals surface area contributed by atoms with Crippen LogP contribution in [0.3, 0.4) is 0 Å². The van der Waals surface area contributed by atoms with E-state index in [-0.39, 0.29) is 32.0 Å². The number of hydrogen-bond acceptors (Lipinski definition) is 5. The van der Waals surface area contributed by atoms with Crippen molar-refractivity contribution in [1.82, 2.24) is 10.2 Å². The fourth-order valence-electron chi connectivity index (χ4n) is 2.77. The summed E-state index contributed by atoms with van der Waals surface area (Å²) in [7, 11) is 0. The number of nitrogens with zero attached hydrogens (tertiary/aromatic N) is 1. The number of amides is 2. The molecule has 0 radical (unpaired) electrons. The molecule has 138 valence electrons. The van der Waals surface area contributed by atoms with Crippen molar-refractivity contribution in [3.05, 3.63) is 35.4 Å². The van der Waals surface area contributed by atoms with Crippen LogP contribution in [-0.4, -0.2) is 51.4 Å². The van der Waals surface area contributed by atoms with E-state index in [1.54, 1.807) is 26.8 Å². The topological polar surface area (TPSA) is 99.1 Å². The number of benzene rings is 1. The molecular formula is C18H26N2O5. The minimum atomic E-state index is -0.772. The van der Waals surface area contributed by atoms with E-state index in [0.29, 0.717) is 0 Å². The number of β-amino-alcohol motifs (C(OH)–C–C–N with tert-alkyl or cyclic N) is 1. The SMILES string of the molecule is CC(C)(C)OC(=O)N1C[C@@H](O)C[C@H]1C(=O)NCc1ccccc1CO. The quantitative estimate of drug-likeness (QED) is 0.757. The third kappa shape index (κ3) is 5.17. The van der Waals surface area contributed by atoms with Crippen LogP contribution in [0.4, 0.5) is 4.79 Å². The van der Waals surface area contributed by atoms with Gasteiger partial charge in [-0.2, -0.15) is 0 Å². The van der Waals surface area contributed by atoms with Gasteiger partial charge in [0.1, 0.15) is 11.6 Å². The van der Waals surface area contributed by atoms with Crippen LogP contribution < -0.4 is 5.32 Å². The van der Waals surface area contributed by atoms with Crippen molar-refractivity contribution in [1.29, 1.82) is 0 Å². The van der Waals surface area contributed by atoms with Crippen LogP contribution in [-0.2, 0) is 22.7 Å². The highest BCUT2D eigenvalue weighted by Gasteiger charge is 2.40. The lowest BCUT2D eigenvalue weighted by Crippen LogP contribution is -2.47. The second-order valence-electron chi connectivity index (χ2n) is 7.18. The molecule has 2 atom stereocenters. The number of carbonyl (C=O) groups excluding carboxylic acids is 2. The fraction of sp³-hybridized carbons (Fsp3) is 0.556. The number of hydrogen-bond donors (Lipinski definition) is 3. The van der Waals surface area contributed by atoms with Crippen LogP contribution in [0.5, 0.6) is 0 Å². The van der Waals surface area contributed by atoms with Gasteiger partial charge in [0.05, 0.1) is 19.3 Å². The Morgan fingerprint density at radius 3 is 2.52 bits per heavy atom. The lowest BCUT2D eigenvalue weighted by molar-refractivity contribution is -0.125. The van der Waals surface area contributed by atoms with Crippen molar-refractivity contribution in [2.45, 2.75) is 58.1 Å². The van der Waals surface area contributed by atoms with Crippen molar-refractivity contribution in [3.63, 3.8) is 0 Å². The highest BCUT2D eigenvalue weighted by molar-refractivity contribution is 5.86. The molecule has 1 aromatic carbocycles. The molecule has 0 unspecified atom stereocenters. The van der Waals surface area contributed by atoms with Crippen LogP contribution >= 0.6 is 0 Å². The highest BCUT2D eigenvalue weighted by Crippen LogP contribution is 2.21. The molecule has 1 saturated heterocycles. The zero-order chi connectivity index (χ0) is 18.6. The van der Waals surface area contributed by atoms with Crippen LogP contribution in [0.2, 0.25) is 0 Å². The molecule has 2 rings (SSSR count). The molecular weight excluding hydrogens is 324 g/mol. The second-order valence-corrected chi connectivity index (χ2v) is 7.18. The summed E-state index contributed by atoms with van der Waals surface area (Å²) in [5.74, 6) is -0.352. The molecule has 7 heteroatoms. The molecule has 1 aromatic rings. The van der Waals surface area contributed by atoms with E-state index in [2.05, 4.69) is 5.32 Å². The van der Waals surface area contributed by atoms with Gasteiger partial charge in [-0.15, -0.1) is 0 Å². The molecule has 25 heavy (non-hydrogen) atoms. The minimum absolute atomic E-state index is 0.0697. The van der Waals surface area contributed by atoms with Gasteiger partial charge in [-0.25, -0.2) is 4.79 Å². The van der Waals surface area contributed by atoms with Crippen LogP contribution in [0.25, 0.3) is 0 Å². The Hall–Kier alpha value is -2.12. The number of rotatable bonds is 4. The summed E-state index contributed by atoms with van der Waals surface area (Å²) in [6, 6.07) is 6.47. The number of aliphatic hydroxyl groups is 2. The molecule has 1 fully saturated rings. The van der Waals surface area contributed by atoms with E-state index < -0.39 is 23.8 Å². The summed E-state index contributed by atoms with van der Waals surface area (Å²) in [6.45, 7) is 5.44. The Morgan fingerprint density at radius 1 is 1.28 bits per heavy atom. The first-order valence-electron chi connectivity index (χ1n) is 8.34. The van der Waals surface area contributed by atoms with Crippen LogP contribution in [0.15, 0.2) is 24.3 Å². The molecule has 0 aliphatic carbocycles. The van der Waals surface area contributed by atoms with Gasteiger partial charge in [0.2, 0.25) is 5.91 Å².